The van der Waals surface area contributed by atoms with Crippen LogP contribution >= 0.6 is 15.9 Å². The zero-order chi connectivity index (χ0) is 18.1. The number of alkyl halides is 3. The maximum atomic E-state index is 13.9. The molecule has 1 N–H and O–H groups in total. The number of aromatic nitrogens is 1. The molecule has 0 bridgehead atoms. The molecule has 0 aliphatic rings. The highest BCUT2D eigenvalue weighted by atomic mass is 79.9. The lowest BCUT2D eigenvalue weighted by atomic mass is 10.2. The van der Waals surface area contributed by atoms with E-state index in [1.807, 2.05) is 0 Å². The minimum atomic E-state index is -4.62. The number of urea groups is 1. The first kappa shape index (κ1) is 18.2. The normalized spacial score (nSPS) is 11.3. The van der Waals surface area contributed by atoms with Gasteiger partial charge in [-0.15, -0.1) is 0 Å². The summed E-state index contributed by atoms with van der Waals surface area (Å²) in [4.78, 5) is 16.3. The second-order valence-corrected chi connectivity index (χ2v) is 5.82. The molecule has 0 fully saturated rings. The predicted octanol–water partition coefficient (Wildman–Crippen LogP) is 4.98. The highest BCUT2D eigenvalue weighted by Gasteiger charge is 2.33. The third-order valence-electron chi connectivity index (χ3n) is 3.22. The van der Waals surface area contributed by atoms with Gasteiger partial charge >= 0.3 is 12.2 Å². The van der Waals surface area contributed by atoms with Crippen molar-refractivity contribution in [2.45, 2.75) is 13.1 Å². The number of hydrogen-bond donors (Lipinski definition) is 1. The van der Waals surface area contributed by atoms with E-state index in [1.54, 1.807) is 6.92 Å². The first-order chi connectivity index (χ1) is 11.1. The van der Waals surface area contributed by atoms with Crippen LogP contribution in [-0.2, 0) is 6.18 Å². The summed E-state index contributed by atoms with van der Waals surface area (Å²) in [5, 5.41) is 2.32. The molecule has 0 saturated heterocycles. The van der Waals surface area contributed by atoms with Crippen LogP contribution in [0.25, 0.3) is 0 Å². The summed E-state index contributed by atoms with van der Waals surface area (Å²) in [6.45, 7) is 1.68. The van der Waals surface area contributed by atoms with Crippen molar-refractivity contribution < 1.29 is 22.4 Å². The van der Waals surface area contributed by atoms with Crippen LogP contribution in [-0.4, -0.2) is 18.1 Å². The van der Waals surface area contributed by atoms with E-state index in [0.717, 1.165) is 17.2 Å². The van der Waals surface area contributed by atoms with Gasteiger partial charge < -0.3 is 5.32 Å². The second-order valence-electron chi connectivity index (χ2n) is 4.97. The molecule has 0 saturated carbocycles. The summed E-state index contributed by atoms with van der Waals surface area (Å²) < 4.78 is 52.5. The molecule has 1 aromatic heterocycles. The van der Waals surface area contributed by atoms with Gasteiger partial charge in [0, 0.05) is 23.4 Å². The van der Waals surface area contributed by atoms with Crippen LogP contribution in [0.15, 0.2) is 34.9 Å². The maximum Gasteiger partial charge on any atom is 0.433 e. The molecule has 0 spiro atoms. The molecule has 24 heavy (non-hydrogen) atoms. The van der Waals surface area contributed by atoms with Crippen molar-refractivity contribution >= 4 is 33.3 Å². The lowest BCUT2D eigenvalue weighted by molar-refractivity contribution is -0.141. The van der Waals surface area contributed by atoms with E-state index in [4.69, 9.17) is 0 Å². The quantitative estimate of drug-likeness (QED) is 0.716. The largest absolute Gasteiger partial charge is 0.433 e. The Kier molecular flexibility index (Phi) is 5.12. The molecule has 128 valence electrons. The Hall–Kier alpha value is -2.16. The van der Waals surface area contributed by atoms with Gasteiger partial charge in [0.25, 0.3) is 0 Å². The molecule has 4 nitrogen and oxygen atoms in total. The number of rotatable bonds is 2. The molecule has 0 aliphatic heterocycles. The average Bonchev–Trinajstić information content (AvgIpc) is 2.51. The van der Waals surface area contributed by atoms with Crippen LogP contribution in [0.5, 0.6) is 0 Å². The van der Waals surface area contributed by atoms with Gasteiger partial charge in [0.2, 0.25) is 0 Å². The van der Waals surface area contributed by atoms with Gasteiger partial charge in [0.05, 0.1) is 5.69 Å². The molecule has 0 radical (unpaired) electrons. The van der Waals surface area contributed by atoms with Gasteiger partial charge in [0.1, 0.15) is 11.5 Å². The minimum absolute atomic E-state index is 0.0265. The Morgan fingerprint density at radius 3 is 2.58 bits per heavy atom. The minimum Gasteiger partial charge on any atom is -0.305 e. The fourth-order valence-electron chi connectivity index (χ4n) is 1.84. The molecule has 0 atom stereocenters. The third kappa shape index (κ3) is 4.02. The zero-order valence-electron chi connectivity index (χ0n) is 12.6. The van der Waals surface area contributed by atoms with Crippen LogP contribution in [0.4, 0.5) is 33.7 Å². The number of pyridine rings is 1. The van der Waals surface area contributed by atoms with E-state index < -0.39 is 23.7 Å². The van der Waals surface area contributed by atoms with E-state index >= 15 is 0 Å². The first-order valence-electron chi connectivity index (χ1n) is 6.63. The van der Waals surface area contributed by atoms with E-state index in [-0.39, 0.29) is 11.4 Å². The highest BCUT2D eigenvalue weighted by Crippen LogP contribution is 2.30. The molecule has 9 heteroatoms. The number of nitrogens with zero attached hydrogens (tertiary/aromatic N) is 2. The van der Waals surface area contributed by atoms with Crippen LogP contribution in [0, 0.1) is 12.7 Å². The predicted molar refractivity (Wildman–Crippen MR) is 85.5 cm³/mol. The Balaban J connectivity index is 2.23. The number of halogens is 5. The summed E-state index contributed by atoms with van der Waals surface area (Å²) in [7, 11) is 1.27. The van der Waals surface area contributed by atoms with Gasteiger partial charge in [-0.05, 0) is 36.8 Å². The van der Waals surface area contributed by atoms with Crippen molar-refractivity contribution in [3.63, 3.8) is 0 Å². The number of benzene rings is 1. The number of carbonyl (C=O) groups excluding carboxylic acids is 1. The van der Waals surface area contributed by atoms with Crippen molar-refractivity contribution in [2.24, 2.45) is 0 Å². The van der Waals surface area contributed by atoms with Crippen LogP contribution < -0.4 is 10.2 Å². The SMILES string of the molecule is Cc1cc(F)c(NC(=O)N(C)c2ccnc(C(F)(F)F)c2)cc1Br. The maximum absolute atomic E-state index is 13.9. The second kappa shape index (κ2) is 6.76. The highest BCUT2D eigenvalue weighted by molar-refractivity contribution is 9.10. The van der Waals surface area contributed by atoms with Crippen LogP contribution in [0.1, 0.15) is 11.3 Å². The standard InChI is InChI=1S/C15H12BrF4N3O/c1-8-5-11(17)12(7-10(8)16)22-14(24)23(2)9-3-4-21-13(6-9)15(18,19)20/h3-7H,1-2H3,(H,22,24). The molecule has 0 aliphatic carbocycles. The number of carbonyl (C=O) groups is 1. The summed E-state index contributed by atoms with van der Waals surface area (Å²) >= 11 is 3.22. The number of amides is 2. The summed E-state index contributed by atoms with van der Waals surface area (Å²) in [5.74, 6) is -0.650. The smallest absolute Gasteiger partial charge is 0.305 e. The number of nitrogens with one attached hydrogen (secondary N) is 1. The van der Waals surface area contributed by atoms with Gasteiger partial charge in [-0.2, -0.15) is 13.2 Å². The monoisotopic (exact) mass is 405 g/mol. The van der Waals surface area contributed by atoms with Gasteiger partial charge in [-0.25, -0.2) is 9.18 Å². The van der Waals surface area contributed by atoms with Crippen LogP contribution in [0.3, 0.4) is 0 Å². The molecular formula is C15H12BrF4N3O. The average molecular weight is 406 g/mol. The zero-order valence-corrected chi connectivity index (χ0v) is 14.2. The first-order valence-corrected chi connectivity index (χ1v) is 7.42. The summed E-state index contributed by atoms with van der Waals surface area (Å²) in [6, 6.07) is 3.80. The van der Waals surface area contributed by atoms with Gasteiger partial charge in [0.15, 0.2) is 0 Å². The molecule has 2 aromatic rings. The third-order valence-corrected chi connectivity index (χ3v) is 4.07. The van der Waals surface area contributed by atoms with Crippen molar-refractivity contribution in [1.29, 1.82) is 0 Å². The Morgan fingerprint density at radius 1 is 1.29 bits per heavy atom. The number of anilines is 2. The molecule has 1 heterocycles. The summed E-state index contributed by atoms with van der Waals surface area (Å²) in [5.41, 5.74) is -0.595. The molecule has 0 unspecified atom stereocenters. The van der Waals surface area contributed by atoms with E-state index in [2.05, 4.69) is 26.2 Å². The number of aryl methyl sites for hydroxylation is 1. The van der Waals surface area contributed by atoms with Crippen molar-refractivity contribution in [1.82, 2.24) is 4.98 Å². The fraction of sp³-hybridized carbons (Fsp3) is 0.200. The molecule has 2 amide bonds. The van der Waals surface area contributed by atoms with Crippen molar-refractivity contribution in [2.75, 3.05) is 17.3 Å². The van der Waals surface area contributed by atoms with E-state index in [9.17, 15) is 22.4 Å². The fourth-order valence-corrected chi connectivity index (χ4v) is 2.18. The van der Waals surface area contributed by atoms with Crippen molar-refractivity contribution in [3.8, 4) is 0 Å². The molecular weight excluding hydrogens is 394 g/mol. The van der Waals surface area contributed by atoms with E-state index in [1.165, 1.54) is 25.2 Å². The Morgan fingerprint density at radius 2 is 1.96 bits per heavy atom. The topological polar surface area (TPSA) is 45.2 Å². The number of hydrogen-bond acceptors (Lipinski definition) is 2. The lowest BCUT2D eigenvalue weighted by Crippen LogP contribution is -2.31. The van der Waals surface area contributed by atoms with Crippen LogP contribution in [0.2, 0.25) is 0 Å². The lowest BCUT2D eigenvalue weighted by Gasteiger charge is -2.19. The van der Waals surface area contributed by atoms with Gasteiger partial charge in [-0.1, -0.05) is 15.9 Å². The Bertz CT molecular complexity index is 780. The summed E-state index contributed by atoms with van der Waals surface area (Å²) in [6.07, 6.45) is -3.67. The van der Waals surface area contributed by atoms with Gasteiger partial charge in [-0.3, -0.25) is 9.88 Å². The Labute approximate surface area is 143 Å². The molecule has 1 aromatic carbocycles. The molecule has 2 rings (SSSR count). The van der Waals surface area contributed by atoms with E-state index in [0.29, 0.717) is 10.0 Å². The van der Waals surface area contributed by atoms with Crippen molar-refractivity contribution in [3.05, 3.63) is 52.0 Å².